The van der Waals surface area contributed by atoms with Crippen molar-refractivity contribution in [2.75, 3.05) is 22.5 Å². The molecule has 0 bridgehead atoms. The molecule has 9 heteroatoms. The van der Waals surface area contributed by atoms with E-state index in [0.717, 1.165) is 23.4 Å². The minimum absolute atomic E-state index is 0.00118. The van der Waals surface area contributed by atoms with E-state index in [1.807, 2.05) is 38.1 Å². The number of hydrogen-bond donors (Lipinski definition) is 4. The predicted octanol–water partition coefficient (Wildman–Crippen LogP) is 5.43. The van der Waals surface area contributed by atoms with Gasteiger partial charge >= 0.3 is 0 Å². The quantitative estimate of drug-likeness (QED) is 0.276. The lowest BCUT2D eigenvalue weighted by Crippen LogP contribution is -2.31. The SMILES string of the molecule is CC(C)NC(=O)Cc1ccc(Nc2nc(NCc3ccc(F)cc3)nc(NCC3CCCCC3)n2)cc1. The van der Waals surface area contributed by atoms with Crippen LogP contribution in [0.3, 0.4) is 0 Å². The molecule has 196 valence electrons. The largest absolute Gasteiger partial charge is 0.354 e. The molecule has 2 aromatic carbocycles. The summed E-state index contributed by atoms with van der Waals surface area (Å²) in [6.07, 6.45) is 6.64. The first-order chi connectivity index (χ1) is 17.9. The van der Waals surface area contributed by atoms with E-state index < -0.39 is 0 Å². The van der Waals surface area contributed by atoms with Gasteiger partial charge in [0.15, 0.2) is 0 Å². The van der Waals surface area contributed by atoms with Crippen molar-refractivity contribution in [3.63, 3.8) is 0 Å². The van der Waals surface area contributed by atoms with E-state index in [0.29, 0.717) is 36.7 Å². The highest BCUT2D eigenvalue weighted by molar-refractivity contribution is 5.79. The van der Waals surface area contributed by atoms with E-state index in [2.05, 4.69) is 36.2 Å². The summed E-state index contributed by atoms with van der Waals surface area (Å²) in [5.74, 6) is 1.70. The van der Waals surface area contributed by atoms with Gasteiger partial charge in [-0.1, -0.05) is 43.5 Å². The number of nitrogens with one attached hydrogen (secondary N) is 4. The van der Waals surface area contributed by atoms with Crippen molar-refractivity contribution in [3.05, 3.63) is 65.5 Å². The molecule has 0 saturated heterocycles. The highest BCUT2D eigenvalue weighted by Crippen LogP contribution is 2.24. The predicted molar refractivity (Wildman–Crippen MR) is 145 cm³/mol. The number of amides is 1. The zero-order chi connectivity index (χ0) is 26.0. The maximum absolute atomic E-state index is 13.2. The molecule has 0 atom stereocenters. The zero-order valence-electron chi connectivity index (χ0n) is 21.6. The van der Waals surface area contributed by atoms with Crippen molar-refractivity contribution in [1.29, 1.82) is 0 Å². The molecule has 4 rings (SSSR count). The molecule has 0 unspecified atom stereocenters. The Kier molecular flexibility index (Phi) is 9.24. The van der Waals surface area contributed by atoms with Crippen molar-refractivity contribution in [2.24, 2.45) is 5.92 Å². The van der Waals surface area contributed by atoms with Crippen LogP contribution in [-0.2, 0) is 17.8 Å². The first-order valence-electron chi connectivity index (χ1n) is 13.1. The molecule has 1 fully saturated rings. The Bertz CT molecular complexity index is 1150. The second-order valence-corrected chi connectivity index (χ2v) is 9.89. The van der Waals surface area contributed by atoms with Crippen molar-refractivity contribution >= 4 is 29.4 Å². The molecule has 0 radical (unpaired) electrons. The fraction of sp³-hybridized carbons (Fsp3) is 0.429. The Balaban J connectivity index is 1.44. The first kappa shape index (κ1) is 26.3. The average molecular weight is 506 g/mol. The number of anilines is 4. The molecule has 0 spiro atoms. The molecule has 1 aromatic heterocycles. The average Bonchev–Trinajstić information content (AvgIpc) is 2.88. The van der Waals surface area contributed by atoms with Gasteiger partial charge in [-0.3, -0.25) is 4.79 Å². The number of benzene rings is 2. The molecule has 1 heterocycles. The lowest BCUT2D eigenvalue weighted by molar-refractivity contribution is -0.120. The third-order valence-electron chi connectivity index (χ3n) is 6.30. The van der Waals surface area contributed by atoms with E-state index >= 15 is 0 Å². The van der Waals surface area contributed by atoms with E-state index in [9.17, 15) is 9.18 Å². The smallest absolute Gasteiger partial charge is 0.233 e. The van der Waals surface area contributed by atoms with E-state index in [4.69, 9.17) is 0 Å². The molecule has 1 saturated carbocycles. The van der Waals surface area contributed by atoms with Crippen LogP contribution in [0.1, 0.15) is 57.1 Å². The van der Waals surface area contributed by atoms with Gasteiger partial charge < -0.3 is 21.3 Å². The Morgan fingerprint density at radius 2 is 1.49 bits per heavy atom. The third-order valence-corrected chi connectivity index (χ3v) is 6.30. The van der Waals surface area contributed by atoms with Crippen LogP contribution in [0.4, 0.5) is 27.9 Å². The molecule has 0 aliphatic heterocycles. The number of rotatable bonds is 11. The van der Waals surface area contributed by atoms with Crippen LogP contribution in [0.5, 0.6) is 0 Å². The number of aromatic nitrogens is 3. The Morgan fingerprint density at radius 3 is 2.16 bits per heavy atom. The lowest BCUT2D eigenvalue weighted by Gasteiger charge is -2.21. The van der Waals surface area contributed by atoms with Crippen LogP contribution in [0, 0.1) is 11.7 Å². The van der Waals surface area contributed by atoms with Gasteiger partial charge in [0.25, 0.3) is 0 Å². The van der Waals surface area contributed by atoms with Gasteiger partial charge in [-0.25, -0.2) is 4.39 Å². The van der Waals surface area contributed by atoms with E-state index in [1.165, 1.54) is 44.2 Å². The fourth-order valence-corrected chi connectivity index (χ4v) is 4.39. The summed E-state index contributed by atoms with van der Waals surface area (Å²) >= 11 is 0. The standard InChI is InChI=1S/C28H36FN7O/c1-19(2)32-25(37)16-20-10-14-24(15-11-20)33-28-35-26(30-17-21-6-4-3-5-7-21)34-27(36-28)31-18-22-8-12-23(29)13-9-22/h8-15,19,21H,3-7,16-18H2,1-2H3,(H,32,37)(H3,30,31,33,34,35,36). The summed E-state index contributed by atoms with van der Waals surface area (Å²) in [7, 11) is 0. The third kappa shape index (κ3) is 8.70. The van der Waals surface area contributed by atoms with E-state index in [-0.39, 0.29) is 17.8 Å². The molecule has 3 aromatic rings. The monoisotopic (exact) mass is 505 g/mol. The van der Waals surface area contributed by atoms with Gasteiger partial charge in [0, 0.05) is 24.8 Å². The maximum Gasteiger partial charge on any atom is 0.233 e. The fourth-order valence-electron chi connectivity index (χ4n) is 4.39. The van der Waals surface area contributed by atoms with Crippen molar-refractivity contribution in [3.8, 4) is 0 Å². The number of hydrogen-bond acceptors (Lipinski definition) is 7. The minimum atomic E-state index is -0.267. The van der Waals surface area contributed by atoms with Gasteiger partial charge in [-0.2, -0.15) is 15.0 Å². The maximum atomic E-state index is 13.2. The molecule has 1 amide bonds. The van der Waals surface area contributed by atoms with E-state index in [1.54, 1.807) is 12.1 Å². The summed E-state index contributed by atoms with van der Waals surface area (Å²) in [5.41, 5.74) is 2.66. The minimum Gasteiger partial charge on any atom is -0.354 e. The molecular weight excluding hydrogens is 469 g/mol. The molecular formula is C28H36FN7O. The molecule has 8 nitrogen and oxygen atoms in total. The number of carbonyl (C=O) groups excluding carboxylic acids is 1. The number of carbonyl (C=O) groups is 1. The second kappa shape index (κ2) is 13.0. The normalized spacial score (nSPS) is 13.8. The van der Waals surface area contributed by atoms with Gasteiger partial charge in [-0.05, 0) is 68.0 Å². The van der Waals surface area contributed by atoms with Crippen molar-refractivity contribution in [1.82, 2.24) is 20.3 Å². The topological polar surface area (TPSA) is 104 Å². The van der Waals surface area contributed by atoms with Crippen LogP contribution in [-0.4, -0.2) is 33.4 Å². The van der Waals surface area contributed by atoms with Crippen molar-refractivity contribution < 1.29 is 9.18 Å². The Labute approximate surface area is 217 Å². The van der Waals surface area contributed by atoms with Crippen LogP contribution in [0.25, 0.3) is 0 Å². The number of halogens is 1. The van der Waals surface area contributed by atoms with Gasteiger partial charge in [-0.15, -0.1) is 0 Å². The molecule has 1 aliphatic carbocycles. The Hall–Kier alpha value is -3.75. The van der Waals surface area contributed by atoms with Crippen molar-refractivity contribution in [2.45, 2.75) is 65.0 Å². The highest BCUT2D eigenvalue weighted by atomic mass is 19.1. The summed E-state index contributed by atoms with van der Waals surface area (Å²) in [6, 6.07) is 14.1. The van der Waals surface area contributed by atoms with Gasteiger partial charge in [0.05, 0.1) is 6.42 Å². The zero-order valence-corrected chi connectivity index (χ0v) is 21.6. The Morgan fingerprint density at radius 1 is 0.865 bits per heavy atom. The number of nitrogens with zero attached hydrogens (tertiary/aromatic N) is 3. The summed E-state index contributed by atoms with van der Waals surface area (Å²) in [6.45, 7) is 5.17. The van der Waals surface area contributed by atoms with Crippen LogP contribution in [0.2, 0.25) is 0 Å². The molecule has 37 heavy (non-hydrogen) atoms. The second-order valence-electron chi connectivity index (χ2n) is 9.89. The summed E-state index contributed by atoms with van der Waals surface area (Å²) < 4.78 is 13.2. The summed E-state index contributed by atoms with van der Waals surface area (Å²) in [5, 5.41) is 12.8. The molecule has 4 N–H and O–H groups in total. The summed E-state index contributed by atoms with van der Waals surface area (Å²) in [4.78, 5) is 25.7. The van der Waals surface area contributed by atoms with Gasteiger partial charge in [0.2, 0.25) is 23.8 Å². The van der Waals surface area contributed by atoms with Crippen LogP contribution >= 0.6 is 0 Å². The van der Waals surface area contributed by atoms with Gasteiger partial charge in [0.1, 0.15) is 5.82 Å². The molecule has 1 aliphatic rings. The van der Waals surface area contributed by atoms with Crippen LogP contribution in [0.15, 0.2) is 48.5 Å². The first-order valence-corrected chi connectivity index (χ1v) is 13.1. The highest BCUT2D eigenvalue weighted by Gasteiger charge is 2.15. The lowest BCUT2D eigenvalue weighted by atomic mass is 9.89. The van der Waals surface area contributed by atoms with Crippen LogP contribution < -0.4 is 21.3 Å².